The zero-order chi connectivity index (χ0) is 30.5. The molecular weight excluding hydrogens is 583 g/mol. The van der Waals surface area contributed by atoms with Gasteiger partial charge in [0.05, 0.1) is 23.1 Å². The molecule has 43 heavy (non-hydrogen) atoms. The first kappa shape index (κ1) is 30.4. The molecule has 0 fully saturated rings. The van der Waals surface area contributed by atoms with Gasteiger partial charge in [-0.2, -0.15) is 0 Å². The average molecular weight is 618 g/mol. The minimum Gasteiger partial charge on any atom is -0.387 e. The third-order valence-electron chi connectivity index (χ3n) is 7.27. The highest BCUT2D eigenvalue weighted by atomic mass is 32.2. The molecule has 1 atom stereocenters. The van der Waals surface area contributed by atoms with E-state index in [1.54, 1.807) is 54.2 Å². The van der Waals surface area contributed by atoms with E-state index in [1.165, 1.54) is 23.5 Å². The molecule has 1 amide bonds. The van der Waals surface area contributed by atoms with E-state index in [2.05, 4.69) is 38.8 Å². The maximum absolute atomic E-state index is 12.7. The van der Waals surface area contributed by atoms with Gasteiger partial charge in [-0.1, -0.05) is 30.3 Å². The van der Waals surface area contributed by atoms with Crippen LogP contribution in [0.5, 0.6) is 0 Å². The summed E-state index contributed by atoms with van der Waals surface area (Å²) in [6.45, 7) is 5.67. The zero-order valence-corrected chi connectivity index (χ0v) is 25.7. The van der Waals surface area contributed by atoms with E-state index in [-0.39, 0.29) is 16.3 Å². The fourth-order valence-electron chi connectivity index (χ4n) is 4.74. The fraction of sp³-hybridized carbons (Fsp3) is 0.250. The number of rotatable bonds is 13. The highest BCUT2D eigenvalue weighted by molar-refractivity contribution is 7.92. The van der Waals surface area contributed by atoms with Gasteiger partial charge in [-0.25, -0.2) is 8.42 Å². The largest absolute Gasteiger partial charge is 0.387 e. The Kier molecular flexibility index (Phi) is 9.26. The Hall–Kier alpha value is -4.03. The van der Waals surface area contributed by atoms with Crippen LogP contribution in [0.1, 0.15) is 47.2 Å². The van der Waals surface area contributed by atoms with Crippen molar-refractivity contribution in [3.63, 3.8) is 0 Å². The van der Waals surface area contributed by atoms with Crippen molar-refractivity contribution in [1.82, 2.24) is 20.2 Å². The molecule has 0 saturated heterocycles. The maximum atomic E-state index is 12.7. The number of aliphatic hydroxyl groups is 1. The van der Waals surface area contributed by atoms with Crippen molar-refractivity contribution in [2.24, 2.45) is 0 Å². The molecule has 0 unspecified atom stereocenters. The number of anilines is 1. The number of sulfonamides is 1. The molecule has 9 nitrogen and oxygen atoms in total. The summed E-state index contributed by atoms with van der Waals surface area (Å²) in [6.07, 6.45) is 3.74. The zero-order valence-electron chi connectivity index (χ0n) is 24.0. The van der Waals surface area contributed by atoms with Crippen molar-refractivity contribution < 1.29 is 18.3 Å². The first-order chi connectivity index (χ1) is 20.6. The third kappa shape index (κ3) is 7.88. The summed E-state index contributed by atoms with van der Waals surface area (Å²) < 4.78 is 30.1. The second-order valence-electron chi connectivity index (χ2n) is 11.0. The Morgan fingerprint density at radius 1 is 1.05 bits per heavy atom. The lowest BCUT2D eigenvalue weighted by atomic mass is 9.99. The number of carbonyl (C=O) groups excluding carboxylic acids is 1. The van der Waals surface area contributed by atoms with Crippen molar-refractivity contribution in [2.75, 3.05) is 11.3 Å². The molecule has 0 aliphatic heterocycles. The number of nitrogens with zero attached hydrogens (tertiary/aromatic N) is 2. The fourth-order valence-corrected chi connectivity index (χ4v) is 6.34. The molecule has 0 bridgehead atoms. The second kappa shape index (κ2) is 13.1. The van der Waals surface area contributed by atoms with E-state index < -0.39 is 16.1 Å². The summed E-state index contributed by atoms with van der Waals surface area (Å²) >= 11 is 1.51. The van der Waals surface area contributed by atoms with Crippen molar-refractivity contribution in [1.29, 1.82) is 0 Å². The Morgan fingerprint density at radius 2 is 1.86 bits per heavy atom. The predicted molar refractivity (Wildman–Crippen MR) is 171 cm³/mol. The number of amides is 1. The molecule has 5 rings (SSSR count). The van der Waals surface area contributed by atoms with Gasteiger partial charge in [0, 0.05) is 58.1 Å². The number of fused-ring (bicyclic) bond motifs is 1. The number of β-amino-alcohol motifs (C(OH)–C–C–N with tert-alkyl or cyclic N) is 1. The van der Waals surface area contributed by atoms with Crippen LogP contribution in [-0.4, -0.2) is 41.1 Å². The summed E-state index contributed by atoms with van der Waals surface area (Å²) in [7, 11) is -3.73. The highest BCUT2D eigenvalue weighted by Gasteiger charge is 2.21. The number of carbonyl (C=O) groups is 1. The Labute approximate surface area is 255 Å². The maximum Gasteiger partial charge on any atom is 0.261 e. The summed E-state index contributed by atoms with van der Waals surface area (Å²) in [5, 5.41) is 18.3. The van der Waals surface area contributed by atoms with Gasteiger partial charge in [0.25, 0.3) is 15.9 Å². The standard InChI is InChI=1S/C32H35N5O4S2/c1-32(2,35-21-30(38)24-7-6-8-26(18-24)36-43(40,41)28-9-4-3-5-10-28)14-16-37-15-13-23-17-25(11-12-29(23)37)31(39)34-20-27-19-33-22-42-27/h3-13,15,17-19,22,30,35-36,38H,14,16,20-21H2,1-2H3,(H,34,39)/t30-/m0/s1. The number of nitrogens with one attached hydrogen (secondary N) is 3. The Balaban J connectivity index is 1.15. The van der Waals surface area contributed by atoms with E-state index in [0.717, 1.165) is 28.7 Å². The monoisotopic (exact) mass is 617 g/mol. The third-order valence-corrected chi connectivity index (χ3v) is 9.45. The van der Waals surface area contributed by atoms with Crippen LogP contribution in [0.3, 0.4) is 0 Å². The second-order valence-corrected chi connectivity index (χ2v) is 13.7. The van der Waals surface area contributed by atoms with Gasteiger partial charge >= 0.3 is 0 Å². The van der Waals surface area contributed by atoms with Gasteiger partial charge in [0.2, 0.25) is 0 Å². The molecule has 3 aromatic carbocycles. The highest BCUT2D eigenvalue weighted by Crippen LogP contribution is 2.23. The van der Waals surface area contributed by atoms with Crippen LogP contribution in [0.15, 0.2) is 102 Å². The van der Waals surface area contributed by atoms with Crippen LogP contribution in [0.2, 0.25) is 0 Å². The number of benzene rings is 3. The molecule has 0 spiro atoms. The SMILES string of the molecule is CC(C)(CCn1ccc2cc(C(=O)NCc3cncs3)ccc21)NC[C@H](O)c1cccc(NS(=O)(=O)c2ccccc2)c1. The lowest BCUT2D eigenvalue weighted by molar-refractivity contribution is 0.0951. The molecule has 2 aromatic heterocycles. The predicted octanol–water partition coefficient (Wildman–Crippen LogP) is 5.32. The smallest absolute Gasteiger partial charge is 0.261 e. The van der Waals surface area contributed by atoms with E-state index >= 15 is 0 Å². The van der Waals surface area contributed by atoms with E-state index in [0.29, 0.717) is 29.9 Å². The molecule has 5 aromatic rings. The van der Waals surface area contributed by atoms with Crippen LogP contribution in [0.25, 0.3) is 10.9 Å². The molecule has 11 heteroatoms. The molecule has 0 saturated carbocycles. The van der Waals surface area contributed by atoms with Crippen molar-refractivity contribution in [3.05, 3.63) is 113 Å². The normalized spacial score (nSPS) is 12.7. The topological polar surface area (TPSA) is 125 Å². The molecule has 0 aliphatic carbocycles. The van der Waals surface area contributed by atoms with Crippen LogP contribution >= 0.6 is 11.3 Å². The first-order valence-corrected chi connectivity index (χ1v) is 16.3. The van der Waals surface area contributed by atoms with Crippen LogP contribution < -0.4 is 15.4 Å². The summed E-state index contributed by atoms with van der Waals surface area (Å²) in [5.74, 6) is -0.119. The minimum atomic E-state index is -3.73. The van der Waals surface area contributed by atoms with E-state index in [9.17, 15) is 18.3 Å². The van der Waals surface area contributed by atoms with Crippen LogP contribution in [0, 0.1) is 0 Å². The van der Waals surface area contributed by atoms with Gasteiger partial charge in [0.1, 0.15) is 0 Å². The Morgan fingerprint density at radius 3 is 2.63 bits per heavy atom. The van der Waals surface area contributed by atoms with Gasteiger partial charge in [-0.05, 0) is 74.4 Å². The van der Waals surface area contributed by atoms with Crippen molar-refractivity contribution >= 4 is 43.9 Å². The summed E-state index contributed by atoms with van der Waals surface area (Å²) in [6, 6.07) is 22.7. The molecule has 0 aliphatic rings. The van der Waals surface area contributed by atoms with Gasteiger partial charge in [-0.3, -0.25) is 14.5 Å². The quantitative estimate of drug-likeness (QED) is 0.142. The van der Waals surface area contributed by atoms with Crippen LogP contribution in [0.4, 0.5) is 5.69 Å². The lowest BCUT2D eigenvalue weighted by Crippen LogP contribution is -2.42. The Bertz CT molecular complexity index is 1790. The number of thiazole rings is 1. The number of hydrogen-bond acceptors (Lipinski definition) is 7. The van der Waals surface area contributed by atoms with Crippen LogP contribution in [-0.2, 0) is 23.1 Å². The molecule has 4 N–H and O–H groups in total. The lowest BCUT2D eigenvalue weighted by Gasteiger charge is -2.28. The van der Waals surface area contributed by atoms with Crippen molar-refractivity contribution in [3.8, 4) is 0 Å². The average Bonchev–Trinajstić information content (AvgIpc) is 3.68. The summed E-state index contributed by atoms with van der Waals surface area (Å²) in [4.78, 5) is 17.8. The van der Waals surface area contributed by atoms with E-state index in [4.69, 9.17) is 0 Å². The number of aryl methyl sites for hydroxylation is 1. The molecular formula is C32H35N5O4S2. The van der Waals surface area contributed by atoms with Gasteiger partial charge in [0.15, 0.2) is 0 Å². The van der Waals surface area contributed by atoms with Gasteiger partial charge in [-0.15, -0.1) is 11.3 Å². The molecule has 0 radical (unpaired) electrons. The van der Waals surface area contributed by atoms with Crippen molar-refractivity contribution in [2.45, 2.75) is 49.9 Å². The van der Waals surface area contributed by atoms with E-state index in [1.807, 2.05) is 30.5 Å². The number of hydrogen-bond donors (Lipinski definition) is 4. The van der Waals surface area contributed by atoms with Gasteiger partial charge < -0.3 is 20.3 Å². The molecule has 2 heterocycles. The minimum absolute atomic E-state index is 0.119. The molecule has 224 valence electrons. The number of aliphatic hydroxyl groups excluding tert-OH is 1. The number of aromatic nitrogens is 2. The first-order valence-electron chi connectivity index (χ1n) is 14.0. The summed E-state index contributed by atoms with van der Waals surface area (Å²) in [5.41, 5.74) is 4.11.